The van der Waals surface area contributed by atoms with Crippen LogP contribution in [0.4, 0.5) is 5.69 Å². The number of carbonyl (C=O) groups excluding carboxylic acids is 1. The zero-order valence-corrected chi connectivity index (χ0v) is 16.1. The van der Waals surface area contributed by atoms with Gasteiger partial charge in [0.2, 0.25) is 5.91 Å². The molecule has 1 N–H and O–H groups in total. The van der Waals surface area contributed by atoms with Crippen molar-refractivity contribution in [1.82, 2.24) is 9.78 Å². The molecular formula is C21H23N3OS. The summed E-state index contributed by atoms with van der Waals surface area (Å²) in [6, 6.07) is 18.0. The predicted octanol–water partition coefficient (Wildman–Crippen LogP) is 4.78. The Morgan fingerprint density at radius 1 is 1.08 bits per heavy atom. The number of nitrogens with zero attached hydrogens (tertiary/aromatic N) is 2. The van der Waals surface area contributed by atoms with Crippen molar-refractivity contribution in [3.05, 3.63) is 71.5 Å². The molecule has 0 atom stereocenters. The first-order valence-electron chi connectivity index (χ1n) is 8.63. The molecule has 0 unspecified atom stereocenters. The Morgan fingerprint density at radius 2 is 1.77 bits per heavy atom. The molecule has 0 fully saturated rings. The number of benzene rings is 2. The average Bonchev–Trinajstić information content (AvgIpc) is 2.95. The first-order chi connectivity index (χ1) is 12.6. The maximum Gasteiger partial charge on any atom is 0.224 e. The average molecular weight is 366 g/mol. The number of amides is 1. The van der Waals surface area contributed by atoms with Crippen molar-refractivity contribution in [3.63, 3.8) is 0 Å². The van der Waals surface area contributed by atoms with Crippen molar-refractivity contribution in [3.8, 4) is 5.69 Å². The van der Waals surface area contributed by atoms with Crippen molar-refractivity contribution in [2.75, 3.05) is 11.6 Å². The number of hydrogen-bond acceptors (Lipinski definition) is 3. The summed E-state index contributed by atoms with van der Waals surface area (Å²) in [6.45, 7) is 4.06. The van der Waals surface area contributed by atoms with Crippen LogP contribution in [0, 0.1) is 13.8 Å². The van der Waals surface area contributed by atoms with Gasteiger partial charge in [-0.3, -0.25) is 4.79 Å². The monoisotopic (exact) mass is 365 g/mol. The zero-order valence-electron chi connectivity index (χ0n) is 15.3. The molecule has 2 aromatic carbocycles. The number of anilines is 1. The molecule has 0 saturated carbocycles. The predicted molar refractivity (Wildman–Crippen MR) is 108 cm³/mol. The smallest absolute Gasteiger partial charge is 0.224 e. The molecule has 0 spiro atoms. The maximum atomic E-state index is 12.3. The minimum Gasteiger partial charge on any atom is -0.326 e. The van der Waals surface area contributed by atoms with Crippen LogP contribution in [0.15, 0.2) is 59.5 Å². The van der Waals surface area contributed by atoms with Crippen LogP contribution < -0.4 is 5.32 Å². The molecule has 0 bridgehead atoms. The van der Waals surface area contributed by atoms with E-state index in [0.29, 0.717) is 12.8 Å². The van der Waals surface area contributed by atoms with Crippen LogP contribution in [0.25, 0.3) is 5.69 Å². The summed E-state index contributed by atoms with van der Waals surface area (Å²) in [5.41, 5.74) is 5.08. The van der Waals surface area contributed by atoms with E-state index in [1.165, 1.54) is 4.90 Å². The molecule has 5 heteroatoms. The van der Waals surface area contributed by atoms with Gasteiger partial charge in [0, 0.05) is 22.7 Å². The van der Waals surface area contributed by atoms with Crippen LogP contribution in [-0.2, 0) is 11.2 Å². The maximum absolute atomic E-state index is 12.3. The van der Waals surface area contributed by atoms with Crippen LogP contribution in [-0.4, -0.2) is 21.9 Å². The molecule has 1 amide bonds. The lowest BCUT2D eigenvalue weighted by molar-refractivity contribution is -0.116. The molecule has 134 valence electrons. The second kappa shape index (κ2) is 8.23. The molecular weight excluding hydrogens is 342 g/mol. The molecule has 4 nitrogen and oxygen atoms in total. The Labute approximate surface area is 158 Å². The molecule has 26 heavy (non-hydrogen) atoms. The fourth-order valence-electron chi connectivity index (χ4n) is 2.99. The summed E-state index contributed by atoms with van der Waals surface area (Å²) in [6.07, 6.45) is 3.15. The number of carbonyl (C=O) groups is 1. The fourth-order valence-corrected chi connectivity index (χ4v) is 3.40. The second-order valence-electron chi connectivity index (χ2n) is 6.17. The molecule has 0 aliphatic rings. The van der Waals surface area contributed by atoms with E-state index < -0.39 is 0 Å². The highest BCUT2D eigenvalue weighted by Crippen LogP contribution is 2.20. The van der Waals surface area contributed by atoms with E-state index in [2.05, 4.69) is 17.3 Å². The van der Waals surface area contributed by atoms with Gasteiger partial charge in [-0.1, -0.05) is 18.2 Å². The van der Waals surface area contributed by atoms with Gasteiger partial charge < -0.3 is 5.32 Å². The van der Waals surface area contributed by atoms with E-state index in [0.717, 1.165) is 28.3 Å². The van der Waals surface area contributed by atoms with Crippen molar-refractivity contribution in [1.29, 1.82) is 0 Å². The van der Waals surface area contributed by atoms with Gasteiger partial charge in [-0.25, -0.2) is 4.68 Å². The van der Waals surface area contributed by atoms with E-state index in [9.17, 15) is 4.79 Å². The lowest BCUT2D eigenvalue weighted by atomic mass is 10.1. The third-order valence-corrected chi connectivity index (χ3v) is 5.16. The minimum atomic E-state index is 0.0214. The number of thioether (sulfide) groups is 1. The Morgan fingerprint density at radius 3 is 2.42 bits per heavy atom. The lowest BCUT2D eigenvalue weighted by Crippen LogP contribution is -2.12. The highest BCUT2D eigenvalue weighted by Gasteiger charge is 2.14. The van der Waals surface area contributed by atoms with Crippen LogP contribution in [0.1, 0.15) is 23.4 Å². The van der Waals surface area contributed by atoms with E-state index in [-0.39, 0.29) is 5.91 Å². The van der Waals surface area contributed by atoms with Crippen molar-refractivity contribution in [2.24, 2.45) is 0 Å². The number of nitrogens with one attached hydrogen (secondary N) is 1. The lowest BCUT2D eigenvalue weighted by Gasteiger charge is -2.07. The number of aromatic nitrogens is 2. The Hall–Kier alpha value is -2.53. The van der Waals surface area contributed by atoms with Crippen LogP contribution in [0.3, 0.4) is 0 Å². The zero-order chi connectivity index (χ0) is 18.5. The van der Waals surface area contributed by atoms with Gasteiger partial charge >= 0.3 is 0 Å². The summed E-state index contributed by atoms with van der Waals surface area (Å²) >= 11 is 1.69. The normalized spacial score (nSPS) is 10.7. The Balaban J connectivity index is 1.65. The SMILES string of the molecule is CSc1ccc(NC(=O)CCc2c(C)nn(-c3ccccc3)c2C)cc1. The fraction of sp³-hybridized carbons (Fsp3) is 0.238. The highest BCUT2D eigenvalue weighted by atomic mass is 32.2. The number of rotatable bonds is 6. The summed E-state index contributed by atoms with van der Waals surface area (Å²) in [5.74, 6) is 0.0214. The molecule has 0 aliphatic heterocycles. The van der Waals surface area contributed by atoms with Crippen molar-refractivity contribution >= 4 is 23.4 Å². The van der Waals surface area contributed by atoms with Crippen molar-refractivity contribution < 1.29 is 4.79 Å². The van der Waals surface area contributed by atoms with Gasteiger partial charge in [-0.2, -0.15) is 5.10 Å². The summed E-state index contributed by atoms with van der Waals surface area (Å²) < 4.78 is 1.95. The van der Waals surface area contributed by atoms with E-state index in [1.807, 2.05) is 72.5 Å². The Bertz CT molecular complexity index is 886. The third-order valence-electron chi connectivity index (χ3n) is 4.42. The number of hydrogen-bond donors (Lipinski definition) is 1. The summed E-state index contributed by atoms with van der Waals surface area (Å²) in [4.78, 5) is 13.5. The van der Waals surface area contributed by atoms with Gasteiger partial charge in [0.25, 0.3) is 0 Å². The molecule has 1 heterocycles. The molecule has 0 radical (unpaired) electrons. The molecule has 1 aromatic heterocycles. The minimum absolute atomic E-state index is 0.0214. The second-order valence-corrected chi connectivity index (χ2v) is 7.05. The molecule has 3 rings (SSSR count). The topological polar surface area (TPSA) is 46.9 Å². The number of para-hydroxylation sites is 1. The highest BCUT2D eigenvalue weighted by molar-refractivity contribution is 7.98. The quantitative estimate of drug-likeness (QED) is 0.639. The van der Waals surface area contributed by atoms with Crippen molar-refractivity contribution in [2.45, 2.75) is 31.6 Å². The largest absolute Gasteiger partial charge is 0.326 e. The van der Waals surface area contributed by atoms with Crippen LogP contribution in [0.2, 0.25) is 0 Å². The van der Waals surface area contributed by atoms with E-state index >= 15 is 0 Å². The van der Waals surface area contributed by atoms with Gasteiger partial charge in [-0.05, 0) is 68.5 Å². The number of aryl methyl sites for hydroxylation is 1. The van der Waals surface area contributed by atoms with Gasteiger partial charge in [0.15, 0.2) is 0 Å². The van der Waals surface area contributed by atoms with Gasteiger partial charge in [0.1, 0.15) is 0 Å². The first kappa shape index (κ1) is 18.3. The first-order valence-corrected chi connectivity index (χ1v) is 9.85. The van der Waals surface area contributed by atoms with E-state index in [1.54, 1.807) is 11.8 Å². The summed E-state index contributed by atoms with van der Waals surface area (Å²) in [7, 11) is 0. The van der Waals surface area contributed by atoms with Crippen LogP contribution in [0.5, 0.6) is 0 Å². The molecule has 0 aliphatic carbocycles. The molecule has 3 aromatic rings. The van der Waals surface area contributed by atoms with Crippen LogP contribution >= 0.6 is 11.8 Å². The summed E-state index contributed by atoms with van der Waals surface area (Å²) in [5, 5.41) is 7.61. The Kier molecular flexibility index (Phi) is 5.78. The molecule has 0 saturated heterocycles. The van der Waals surface area contributed by atoms with E-state index in [4.69, 9.17) is 0 Å². The third kappa shape index (κ3) is 4.17. The van der Waals surface area contributed by atoms with Gasteiger partial charge in [-0.15, -0.1) is 11.8 Å². The van der Waals surface area contributed by atoms with Gasteiger partial charge in [0.05, 0.1) is 11.4 Å². The standard InChI is InChI=1S/C21H23N3OS/c1-15-20(16(2)24(23-15)18-7-5-4-6-8-18)13-14-21(25)22-17-9-11-19(26-3)12-10-17/h4-12H,13-14H2,1-3H3,(H,22,25).